The first-order valence-corrected chi connectivity index (χ1v) is 10.4. The number of pyridine rings is 2. The lowest BCUT2D eigenvalue weighted by molar-refractivity contribution is -0.119. The summed E-state index contributed by atoms with van der Waals surface area (Å²) in [5.74, 6) is 0.0320. The number of carbonyl (C=O) groups excluding carboxylic acids is 2. The second-order valence-corrected chi connectivity index (χ2v) is 8.52. The third kappa shape index (κ3) is 3.95. The van der Waals surface area contributed by atoms with E-state index in [1.54, 1.807) is 6.07 Å². The molecule has 1 aliphatic rings. The standard InChI is InChI=1S/C24H23ClN2O2/c1-14(2)7-10-16(28)13-19-17-5-3-4-6-18(17)23(29)22(19)20-11-8-15-9-12-21(25)27-24(15)26-20/h3-6,8-9,11-12,14,19,22H,7,10,13H2,1-2H3. The van der Waals surface area contributed by atoms with Crippen molar-refractivity contribution in [2.45, 2.75) is 44.9 Å². The lowest BCUT2D eigenvalue weighted by Crippen LogP contribution is -2.17. The highest BCUT2D eigenvalue weighted by atomic mass is 35.5. The molecule has 3 aromatic rings. The zero-order chi connectivity index (χ0) is 20.5. The summed E-state index contributed by atoms with van der Waals surface area (Å²) < 4.78 is 0. The van der Waals surface area contributed by atoms with Crippen LogP contribution in [0.4, 0.5) is 0 Å². The van der Waals surface area contributed by atoms with E-state index in [0.717, 1.165) is 17.4 Å². The topological polar surface area (TPSA) is 59.9 Å². The van der Waals surface area contributed by atoms with Crippen LogP contribution in [-0.2, 0) is 4.79 Å². The lowest BCUT2D eigenvalue weighted by atomic mass is 9.84. The Balaban J connectivity index is 1.72. The third-order valence-electron chi connectivity index (χ3n) is 5.62. The maximum absolute atomic E-state index is 13.3. The number of benzene rings is 1. The maximum Gasteiger partial charge on any atom is 0.172 e. The number of halogens is 1. The van der Waals surface area contributed by atoms with Gasteiger partial charge in [-0.3, -0.25) is 9.59 Å². The van der Waals surface area contributed by atoms with Crippen molar-refractivity contribution in [2.75, 3.05) is 0 Å². The summed E-state index contributed by atoms with van der Waals surface area (Å²) in [6.45, 7) is 4.23. The molecule has 0 spiro atoms. The number of hydrogen-bond donors (Lipinski definition) is 0. The molecule has 2 unspecified atom stereocenters. The van der Waals surface area contributed by atoms with Gasteiger partial charge in [-0.2, -0.15) is 0 Å². The van der Waals surface area contributed by atoms with Gasteiger partial charge in [0.1, 0.15) is 10.9 Å². The van der Waals surface area contributed by atoms with E-state index in [4.69, 9.17) is 11.6 Å². The van der Waals surface area contributed by atoms with Crippen LogP contribution in [0.2, 0.25) is 5.15 Å². The monoisotopic (exact) mass is 406 g/mol. The van der Waals surface area contributed by atoms with E-state index >= 15 is 0 Å². The summed E-state index contributed by atoms with van der Waals surface area (Å²) in [5.41, 5.74) is 2.81. The van der Waals surface area contributed by atoms with Gasteiger partial charge >= 0.3 is 0 Å². The largest absolute Gasteiger partial charge is 0.300 e. The molecule has 0 saturated carbocycles. The molecule has 29 heavy (non-hydrogen) atoms. The van der Waals surface area contributed by atoms with E-state index in [0.29, 0.717) is 40.8 Å². The highest BCUT2D eigenvalue weighted by molar-refractivity contribution is 6.29. The maximum atomic E-state index is 13.3. The molecule has 4 rings (SSSR count). The van der Waals surface area contributed by atoms with Gasteiger partial charge in [0.15, 0.2) is 11.4 Å². The predicted octanol–water partition coefficient (Wildman–Crippen LogP) is 5.74. The summed E-state index contributed by atoms with van der Waals surface area (Å²) in [6, 6.07) is 15.0. The molecule has 0 radical (unpaired) electrons. The number of nitrogens with zero attached hydrogens (tertiary/aromatic N) is 2. The Kier molecular flexibility index (Phi) is 5.46. The Morgan fingerprint density at radius 3 is 2.62 bits per heavy atom. The molecule has 0 amide bonds. The second-order valence-electron chi connectivity index (χ2n) is 8.13. The van der Waals surface area contributed by atoms with Crippen molar-refractivity contribution in [1.29, 1.82) is 0 Å². The highest BCUT2D eigenvalue weighted by Crippen LogP contribution is 2.45. The van der Waals surface area contributed by atoms with Crippen LogP contribution in [-0.4, -0.2) is 21.5 Å². The molecule has 148 valence electrons. The van der Waals surface area contributed by atoms with Crippen molar-refractivity contribution in [3.63, 3.8) is 0 Å². The third-order valence-corrected chi connectivity index (χ3v) is 5.83. The number of hydrogen-bond acceptors (Lipinski definition) is 4. The van der Waals surface area contributed by atoms with Crippen LogP contribution in [0.1, 0.15) is 66.6 Å². The lowest BCUT2D eigenvalue weighted by Gasteiger charge is -2.19. The van der Waals surface area contributed by atoms with Crippen LogP contribution < -0.4 is 0 Å². The van der Waals surface area contributed by atoms with E-state index in [1.807, 2.05) is 42.5 Å². The fourth-order valence-electron chi connectivity index (χ4n) is 4.10. The Morgan fingerprint density at radius 1 is 1.07 bits per heavy atom. The first kappa shape index (κ1) is 19.7. The van der Waals surface area contributed by atoms with E-state index in [2.05, 4.69) is 23.8 Å². The smallest absolute Gasteiger partial charge is 0.172 e. The van der Waals surface area contributed by atoms with E-state index in [1.165, 1.54) is 0 Å². The number of fused-ring (bicyclic) bond motifs is 2. The number of Topliss-reactive ketones (excluding diaryl/α,β-unsaturated/α-hetero) is 2. The van der Waals surface area contributed by atoms with Crippen LogP contribution in [0.3, 0.4) is 0 Å². The summed E-state index contributed by atoms with van der Waals surface area (Å²) in [4.78, 5) is 34.9. The molecule has 0 saturated heterocycles. The van der Waals surface area contributed by atoms with Gasteiger partial charge in [-0.15, -0.1) is 0 Å². The number of rotatable bonds is 6. The fourth-order valence-corrected chi connectivity index (χ4v) is 4.25. The molecule has 1 aromatic carbocycles. The van der Waals surface area contributed by atoms with E-state index < -0.39 is 5.92 Å². The minimum atomic E-state index is -0.472. The fraction of sp³-hybridized carbons (Fsp3) is 0.333. The Hall–Kier alpha value is -2.59. The van der Waals surface area contributed by atoms with Gasteiger partial charge in [-0.05, 0) is 42.2 Å². The molecule has 0 bridgehead atoms. The van der Waals surface area contributed by atoms with Crippen LogP contribution in [0.25, 0.3) is 11.0 Å². The zero-order valence-corrected chi connectivity index (χ0v) is 17.3. The predicted molar refractivity (Wildman–Crippen MR) is 114 cm³/mol. The first-order chi connectivity index (χ1) is 13.9. The van der Waals surface area contributed by atoms with Crippen molar-refractivity contribution in [2.24, 2.45) is 5.92 Å². The van der Waals surface area contributed by atoms with Gasteiger partial charge < -0.3 is 0 Å². The molecule has 2 atom stereocenters. The summed E-state index contributed by atoms with van der Waals surface area (Å²) in [7, 11) is 0. The summed E-state index contributed by atoms with van der Waals surface area (Å²) >= 11 is 6.03. The molecule has 4 nitrogen and oxygen atoms in total. The number of aromatic nitrogens is 2. The average Bonchev–Trinajstić information content (AvgIpc) is 2.98. The number of carbonyl (C=O) groups is 2. The zero-order valence-electron chi connectivity index (χ0n) is 16.6. The van der Waals surface area contributed by atoms with Crippen LogP contribution in [0.15, 0.2) is 48.5 Å². The Labute approximate surface area is 175 Å². The summed E-state index contributed by atoms with van der Waals surface area (Å²) in [6.07, 6.45) is 1.75. The van der Waals surface area contributed by atoms with Gasteiger partial charge in [-0.25, -0.2) is 9.97 Å². The molecule has 5 heteroatoms. The highest BCUT2D eigenvalue weighted by Gasteiger charge is 2.42. The van der Waals surface area contributed by atoms with Gasteiger partial charge in [0, 0.05) is 29.7 Å². The van der Waals surface area contributed by atoms with Gasteiger partial charge in [-0.1, -0.05) is 49.7 Å². The van der Waals surface area contributed by atoms with E-state index in [9.17, 15) is 9.59 Å². The summed E-state index contributed by atoms with van der Waals surface area (Å²) in [5, 5.41) is 1.23. The molecule has 0 fully saturated rings. The van der Waals surface area contributed by atoms with Crippen molar-refractivity contribution in [1.82, 2.24) is 9.97 Å². The van der Waals surface area contributed by atoms with Crippen molar-refractivity contribution in [3.05, 3.63) is 70.5 Å². The molecule has 0 aliphatic heterocycles. The molecular formula is C24H23ClN2O2. The first-order valence-electron chi connectivity index (χ1n) is 10.0. The van der Waals surface area contributed by atoms with Crippen molar-refractivity contribution >= 4 is 34.2 Å². The van der Waals surface area contributed by atoms with Crippen molar-refractivity contribution in [3.8, 4) is 0 Å². The SMILES string of the molecule is CC(C)CCC(=O)CC1c2ccccc2C(=O)C1c1ccc2ccc(Cl)nc2n1. The minimum absolute atomic E-state index is 0.0242. The molecule has 1 aliphatic carbocycles. The van der Waals surface area contributed by atoms with Crippen LogP contribution in [0, 0.1) is 5.92 Å². The van der Waals surface area contributed by atoms with Crippen LogP contribution >= 0.6 is 11.6 Å². The Bertz CT molecular complexity index is 1090. The molecule has 2 aromatic heterocycles. The minimum Gasteiger partial charge on any atom is -0.300 e. The quantitative estimate of drug-likeness (QED) is 0.489. The van der Waals surface area contributed by atoms with Crippen molar-refractivity contribution < 1.29 is 9.59 Å². The van der Waals surface area contributed by atoms with Gasteiger partial charge in [0.05, 0.1) is 11.6 Å². The molecule has 0 N–H and O–H groups in total. The molecule has 2 heterocycles. The second kappa shape index (κ2) is 8.03. The average molecular weight is 407 g/mol. The normalized spacial score (nSPS) is 18.4. The number of ketones is 2. The Morgan fingerprint density at radius 2 is 1.83 bits per heavy atom. The molecular weight excluding hydrogens is 384 g/mol. The van der Waals surface area contributed by atoms with Crippen LogP contribution in [0.5, 0.6) is 0 Å². The van der Waals surface area contributed by atoms with Gasteiger partial charge in [0.25, 0.3) is 0 Å². The van der Waals surface area contributed by atoms with E-state index in [-0.39, 0.29) is 17.5 Å². The van der Waals surface area contributed by atoms with Gasteiger partial charge in [0.2, 0.25) is 0 Å².